The van der Waals surface area contributed by atoms with Crippen LogP contribution < -0.4 is 5.32 Å². The maximum absolute atomic E-state index is 13.2. The monoisotopic (exact) mass is 326 g/mol. The zero-order valence-electron chi connectivity index (χ0n) is 13.2. The Hall–Kier alpha value is -2.47. The second-order valence-corrected chi connectivity index (χ2v) is 6.26. The van der Waals surface area contributed by atoms with E-state index in [2.05, 4.69) is 15.4 Å². The first-order valence-electron chi connectivity index (χ1n) is 8.23. The van der Waals surface area contributed by atoms with E-state index in [1.54, 1.807) is 22.8 Å². The van der Waals surface area contributed by atoms with Crippen molar-refractivity contribution in [2.45, 2.75) is 25.3 Å². The van der Waals surface area contributed by atoms with E-state index in [0.29, 0.717) is 0 Å². The molecule has 1 aromatic carbocycles. The number of hydrogen-bond acceptors (Lipinski definition) is 4. The Kier molecular flexibility index (Phi) is 3.90. The van der Waals surface area contributed by atoms with Crippen LogP contribution in [-0.2, 0) is 0 Å². The zero-order valence-corrected chi connectivity index (χ0v) is 13.2. The number of anilines is 1. The predicted molar refractivity (Wildman–Crippen MR) is 90.2 cm³/mol. The van der Waals surface area contributed by atoms with Gasteiger partial charge in [-0.2, -0.15) is 9.61 Å². The molecule has 2 N–H and O–H groups in total. The third-order valence-electron chi connectivity index (χ3n) is 4.73. The Labute approximate surface area is 139 Å². The van der Waals surface area contributed by atoms with Crippen LogP contribution in [-0.4, -0.2) is 32.4 Å². The summed E-state index contributed by atoms with van der Waals surface area (Å²) in [5, 5.41) is 17.4. The van der Waals surface area contributed by atoms with Crippen molar-refractivity contribution < 1.29 is 9.50 Å². The number of aliphatic hydroxyl groups excluding tert-OH is 1. The van der Waals surface area contributed by atoms with Gasteiger partial charge < -0.3 is 10.4 Å². The van der Waals surface area contributed by atoms with E-state index >= 15 is 0 Å². The lowest BCUT2D eigenvalue weighted by Gasteiger charge is -2.21. The average molecular weight is 326 g/mol. The molecule has 0 amide bonds. The zero-order chi connectivity index (χ0) is 16.5. The number of hydrogen-bond donors (Lipinski definition) is 2. The summed E-state index contributed by atoms with van der Waals surface area (Å²) in [6, 6.07) is 10.3. The summed E-state index contributed by atoms with van der Waals surface area (Å²) in [5.74, 6) is 0.840. The number of halogens is 1. The lowest BCUT2D eigenvalue weighted by Crippen LogP contribution is -2.27. The first kappa shape index (κ1) is 15.1. The van der Waals surface area contributed by atoms with Gasteiger partial charge in [0.2, 0.25) is 0 Å². The van der Waals surface area contributed by atoms with Crippen molar-refractivity contribution in [2.75, 3.05) is 11.9 Å². The van der Waals surface area contributed by atoms with Gasteiger partial charge in [-0.1, -0.05) is 6.42 Å². The lowest BCUT2D eigenvalue weighted by atomic mass is 10.1. The molecule has 24 heavy (non-hydrogen) atoms. The molecule has 2 unspecified atom stereocenters. The van der Waals surface area contributed by atoms with Crippen molar-refractivity contribution in [1.29, 1.82) is 0 Å². The average Bonchev–Trinajstić information content (AvgIpc) is 3.24. The van der Waals surface area contributed by atoms with Crippen LogP contribution in [0.3, 0.4) is 0 Å². The van der Waals surface area contributed by atoms with Crippen LogP contribution in [0, 0.1) is 11.7 Å². The topological polar surface area (TPSA) is 62.5 Å². The molecular formula is C18H19FN4O. The number of aromatic nitrogens is 3. The molecule has 0 aliphatic heterocycles. The fraction of sp³-hybridized carbons (Fsp3) is 0.333. The van der Waals surface area contributed by atoms with Gasteiger partial charge in [0, 0.05) is 36.3 Å². The van der Waals surface area contributed by atoms with E-state index < -0.39 is 0 Å². The van der Waals surface area contributed by atoms with Crippen LogP contribution in [0.1, 0.15) is 19.3 Å². The van der Waals surface area contributed by atoms with Crippen LogP contribution in [0.25, 0.3) is 16.9 Å². The molecule has 0 radical (unpaired) electrons. The first-order chi connectivity index (χ1) is 11.7. The number of rotatable bonds is 4. The van der Waals surface area contributed by atoms with E-state index in [0.717, 1.165) is 42.0 Å². The van der Waals surface area contributed by atoms with Crippen molar-refractivity contribution in [3.63, 3.8) is 0 Å². The number of nitrogens with one attached hydrogen (secondary N) is 1. The normalized spacial score (nSPS) is 20.6. The van der Waals surface area contributed by atoms with E-state index in [-0.39, 0.29) is 24.4 Å². The molecule has 0 saturated heterocycles. The highest BCUT2D eigenvalue weighted by atomic mass is 19.1. The quantitative estimate of drug-likeness (QED) is 0.773. The molecular weight excluding hydrogens is 307 g/mol. The van der Waals surface area contributed by atoms with Crippen molar-refractivity contribution >= 4 is 11.5 Å². The lowest BCUT2D eigenvalue weighted by molar-refractivity contribution is 0.222. The van der Waals surface area contributed by atoms with Crippen LogP contribution in [0.5, 0.6) is 0 Å². The largest absolute Gasteiger partial charge is 0.396 e. The van der Waals surface area contributed by atoms with Crippen LogP contribution in [0.4, 0.5) is 10.2 Å². The van der Waals surface area contributed by atoms with Crippen molar-refractivity contribution in [3.05, 3.63) is 48.4 Å². The summed E-state index contributed by atoms with van der Waals surface area (Å²) in [6.45, 7) is 0.190. The molecule has 3 aromatic rings. The summed E-state index contributed by atoms with van der Waals surface area (Å²) in [7, 11) is 0. The summed E-state index contributed by atoms with van der Waals surface area (Å²) in [4.78, 5) is 4.60. The number of fused-ring (bicyclic) bond motifs is 1. The summed E-state index contributed by atoms with van der Waals surface area (Å²) < 4.78 is 14.9. The molecule has 1 fully saturated rings. The molecule has 1 aliphatic rings. The fourth-order valence-electron chi connectivity index (χ4n) is 3.42. The third-order valence-corrected chi connectivity index (χ3v) is 4.73. The molecule has 2 aromatic heterocycles. The van der Waals surface area contributed by atoms with Gasteiger partial charge in [-0.05, 0) is 37.1 Å². The maximum atomic E-state index is 13.2. The van der Waals surface area contributed by atoms with Crippen molar-refractivity contribution in [2.24, 2.45) is 5.92 Å². The minimum Gasteiger partial charge on any atom is -0.396 e. The van der Waals surface area contributed by atoms with Gasteiger partial charge in [0.1, 0.15) is 11.6 Å². The van der Waals surface area contributed by atoms with E-state index in [1.807, 2.05) is 12.1 Å². The van der Waals surface area contributed by atoms with Gasteiger partial charge in [0.15, 0.2) is 5.65 Å². The first-order valence-corrected chi connectivity index (χ1v) is 8.23. The fourth-order valence-corrected chi connectivity index (χ4v) is 3.42. The Morgan fingerprint density at radius 1 is 1.21 bits per heavy atom. The molecule has 1 saturated carbocycles. The summed E-state index contributed by atoms with van der Waals surface area (Å²) in [5.41, 5.74) is 2.36. The SMILES string of the molecule is OCC1CCCC1Nc1cc(-c2ccc(F)cc2)nc2ccnn12. The Morgan fingerprint density at radius 2 is 2.04 bits per heavy atom. The molecule has 4 rings (SSSR count). The van der Waals surface area contributed by atoms with Gasteiger partial charge in [-0.25, -0.2) is 9.37 Å². The van der Waals surface area contributed by atoms with E-state index in [9.17, 15) is 9.50 Å². The van der Waals surface area contributed by atoms with Crippen molar-refractivity contribution in [1.82, 2.24) is 14.6 Å². The maximum Gasteiger partial charge on any atom is 0.157 e. The smallest absolute Gasteiger partial charge is 0.157 e. The molecule has 6 heteroatoms. The second-order valence-electron chi connectivity index (χ2n) is 6.26. The van der Waals surface area contributed by atoms with Crippen LogP contribution in [0.2, 0.25) is 0 Å². The van der Waals surface area contributed by atoms with Crippen LogP contribution >= 0.6 is 0 Å². The van der Waals surface area contributed by atoms with Gasteiger partial charge in [0.05, 0.1) is 11.9 Å². The highest BCUT2D eigenvalue weighted by molar-refractivity contribution is 5.66. The minimum absolute atomic E-state index is 0.190. The van der Waals surface area contributed by atoms with Gasteiger partial charge in [-0.15, -0.1) is 0 Å². The third kappa shape index (κ3) is 2.73. The highest BCUT2D eigenvalue weighted by Crippen LogP contribution is 2.29. The molecule has 0 spiro atoms. The van der Waals surface area contributed by atoms with Crippen LogP contribution in [0.15, 0.2) is 42.6 Å². The molecule has 124 valence electrons. The van der Waals surface area contributed by atoms with E-state index in [1.165, 1.54) is 12.1 Å². The van der Waals surface area contributed by atoms with Crippen molar-refractivity contribution in [3.8, 4) is 11.3 Å². The standard InChI is InChI=1S/C18H19FN4O/c19-14-6-4-12(5-7-14)16-10-18(23-17(22-16)8-9-20-23)21-15-3-1-2-13(15)11-24/h4-10,13,15,21,24H,1-3,11H2. The summed E-state index contributed by atoms with van der Waals surface area (Å²) >= 11 is 0. The molecule has 2 heterocycles. The highest BCUT2D eigenvalue weighted by Gasteiger charge is 2.27. The number of nitrogens with zero attached hydrogens (tertiary/aromatic N) is 3. The summed E-state index contributed by atoms with van der Waals surface area (Å²) in [6.07, 6.45) is 4.88. The minimum atomic E-state index is -0.265. The Balaban J connectivity index is 1.73. The predicted octanol–water partition coefficient (Wildman–Crippen LogP) is 3.11. The molecule has 1 aliphatic carbocycles. The second kappa shape index (κ2) is 6.20. The number of benzene rings is 1. The Bertz CT molecular complexity index is 846. The van der Waals surface area contributed by atoms with E-state index in [4.69, 9.17) is 0 Å². The molecule has 0 bridgehead atoms. The van der Waals surface area contributed by atoms with Gasteiger partial charge >= 0.3 is 0 Å². The molecule has 2 atom stereocenters. The van der Waals surface area contributed by atoms with Gasteiger partial charge in [-0.3, -0.25) is 0 Å². The van der Waals surface area contributed by atoms with Gasteiger partial charge in [0.25, 0.3) is 0 Å². The molecule has 5 nitrogen and oxygen atoms in total. The number of aliphatic hydroxyl groups is 1. The Morgan fingerprint density at radius 3 is 2.83 bits per heavy atom.